The summed E-state index contributed by atoms with van der Waals surface area (Å²) in [5.74, 6) is 2.01. The van der Waals surface area contributed by atoms with Gasteiger partial charge in [0.25, 0.3) is 0 Å². The topological polar surface area (TPSA) is 42.2 Å². The molecule has 2 rings (SSSR count). The van der Waals surface area contributed by atoms with E-state index in [1.54, 1.807) is 18.0 Å². The van der Waals surface area contributed by atoms with Gasteiger partial charge in [0, 0.05) is 24.5 Å². The lowest BCUT2D eigenvalue weighted by atomic mass is 10.2. The number of unbranched alkanes of at least 4 members (excludes halogenated alkanes) is 1. The molecule has 2 aromatic heterocycles. The van der Waals surface area contributed by atoms with E-state index in [1.807, 2.05) is 24.5 Å². The van der Waals surface area contributed by atoms with Crippen molar-refractivity contribution in [3.8, 4) is 0 Å². The fourth-order valence-electron chi connectivity index (χ4n) is 2.11. The zero-order chi connectivity index (χ0) is 14.9. The Morgan fingerprint density at radius 2 is 2.00 bits per heavy atom. The molecule has 0 fully saturated rings. The first kappa shape index (κ1) is 16.0. The molecule has 0 aliphatic rings. The first-order valence-corrected chi connectivity index (χ1v) is 8.48. The Balaban J connectivity index is 1.96. The zero-order valence-corrected chi connectivity index (χ0v) is 13.6. The molecule has 0 saturated carbocycles. The van der Waals surface area contributed by atoms with Crippen molar-refractivity contribution in [3.05, 3.63) is 42.1 Å². The number of furan rings is 1. The summed E-state index contributed by atoms with van der Waals surface area (Å²) in [6, 6.07) is 3.96. The summed E-state index contributed by atoms with van der Waals surface area (Å²) in [6.45, 7) is 7.07. The minimum Gasteiger partial charge on any atom is -0.468 e. The average molecular weight is 305 g/mol. The van der Waals surface area contributed by atoms with Gasteiger partial charge in [-0.25, -0.2) is 9.97 Å². The highest BCUT2D eigenvalue weighted by molar-refractivity contribution is 7.99. The second kappa shape index (κ2) is 8.85. The van der Waals surface area contributed by atoms with Gasteiger partial charge in [-0.05, 0) is 30.9 Å². The van der Waals surface area contributed by atoms with E-state index in [0.717, 1.165) is 41.9 Å². The minimum atomic E-state index is 0.832. The van der Waals surface area contributed by atoms with Crippen LogP contribution >= 0.6 is 11.8 Å². The molecule has 2 heterocycles. The summed E-state index contributed by atoms with van der Waals surface area (Å²) in [5, 5.41) is 0.854. The molecule has 0 unspecified atom stereocenters. The molecule has 0 atom stereocenters. The van der Waals surface area contributed by atoms with Crippen LogP contribution in [0.2, 0.25) is 0 Å². The summed E-state index contributed by atoms with van der Waals surface area (Å²) in [6.07, 6.45) is 7.98. The lowest BCUT2D eigenvalue weighted by Gasteiger charge is -2.20. The number of hydrogen-bond donors (Lipinski definition) is 0. The predicted molar refractivity (Wildman–Crippen MR) is 86.2 cm³/mol. The monoisotopic (exact) mass is 305 g/mol. The average Bonchev–Trinajstić information content (AvgIpc) is 3.00. The van der Waals surface area contributed by atoms with Crippen molar-refractivity contribution in [1.29, 1.82) is 0 Å². The molecule has 0 aliphatic heterocycles. The van der Waals surface area contributed by atoms with Gasteiger partial charge in [0.05, 0.1) is 12.8 Å². The molecule has 0 amide bonds. The molecule has 0 saturated heterocycles. The highest BCUT2D eigenvalue weighted by Gasteiger charge is 2.09. The van der Waals surface area contributed by atoms with Crippen LogP contribution in [0.25, 0.3) is 0 Å². The van der Waals surface area contributed by atoms with Gasteiger partial charge in [0.2, 0.25) is 0 Å². The second-order valence-electron chi connectivity index (χ2n) is 4.95. The van der Waals surface area contributed by atoms with Crippen LogP contribution in [0.3, 0.4) is 0 Å². The number of aromatic nitrogens is 2. The highest BCUT2D eigenvalue weighted by Crippen LogP contribution is 2.14. The van der Waals surface area contributed by atoms with Crippen molar-refractivity contribution in [2.45, 2.75) is 44.9 Å². The lowest BCUT2D eigenvalue weighted by Crippen LogP contribution is -2.24. The van der Waals surface area contributed by atoms with Crippen LogP contribution in [0.1, 0.15) is 38.0 Å². The van der Waals surface area contributed by atoms with Crippen LogP contribution in [-0.2, 0) is 13.1 Å². The summed E-state index contributed by atoms with van der Waals surface area (Å²) in [5.41, 5.74) is 1.15. The normalized spacial score (nSPS) is 11.2. The zero-order valence-electron chi connectivity index (χ0n) is 12.8. The van der Waals surface area contributed by atoms with Gasteiger partial charge in [-0.2, -0.15) is 0 Å². The van der Waals surface area contributed by atoms with Gasteiger partial charge in [-0.1, -0.05) is 32.0 Å². The Bertz CT molecular complexity index is 499. The van der Waals surface area contributed by atoms with E-state index < -0.39 is 0 Å². The molecule has 4 nitrogen and oxygen atoms in total. The van der Waals surface area contributed by atoms with Gasteiger partial charge in [-0.3, -0.25) is 4.90 Å². The fraction of sp³-hybridized carbons (Fsp3) is 0.500. The molecular formula is C16H23N3OS. The van der Waals surface area contributed by atoms with Crippen molar-refractivity contribution < 1.29 is 4.42 Å². The highest BCUT2D eigenvalue weighted by atomic mass is 32.2. The first-order chi connectivity index (χ1) is 10.3. The molecule has 21 heavy (non-hydrogen) atoms. The van der Waals surface area contributed by atoms with Gasteiger partial charge in [0.1, 0.15) is 5.76 Å². The van der Waals surface area contributed by atoms with Gasteiger partial charge < -0.3 is 4.42 Å². The van der Waals surface area contributed by atoms with Crippen molar-refractivity contribution in [2.75, 3.05) is 12.3 Å². The van der Waals surface area contributed by atoms with Crippen LogP contribution in [-0.4, -0.2) is 27.2 Å². The SMILES string of the molecule is CCCCN(Cc1cnc(SCC)nc1)Cc1ccco1. The maximum absolute atomic E-state index is 5.46. The third kappa shape index (κ3) is 5.52. The van der Waals surface area contributed by atoms with E-state index in [4.69, 9.17) is 4.42 Å². The molecule has 0 N–H and O–H groups in total. The van der Waals surface area contributed by atoms with Crippen LogP contribution in [0.15, 0.2) is 40.4 Å². The molecule has 0 aliphatic carbocycles. The first-order valence-electron chi connectivity index (χ1n) is 7.50. The fourth-order valence-corrected chi connectivity index (χ4v) is 2.62. The van der Waals surface area contributed by atoms with Gasteiger partial charge in [0.15, 0.2) is 5.16 Å². The summed E-state index contributed by atoms with van der Waals surface area (Å²) in [4.78, 5) is 11.2. The Morgan fingerprint density at radius 3 is 2.62 bits per heavy atom. The van der Waals surface area contributed by atoms with Crippen molar-refractivity contribution in [3.63, 3.8) is 0 Å². The second-order valence-corrected chi connectivity index (χ2v) is 6.18. The maximum atomic E-state index is 5.46. The van der Waals surface area contributed by atoms with Gasteiger partial charge in [-0.15, -0.1) is 0 Å². The van der Waals surface area contributed by atoms with Gasteiger partial charge >= 0.3 is 0 Å². The van der Waals surface area contributed by atoms with Crippen molar-refractivity contribution in [2.24, 2.45) is 0 Å². The van der Waals surface area contributed by atoms with E-state index in [0.29, 0.717) is 0 Å². The largest absolute Gasteiger partial charge is 0.468 e. The number of hydrogen-bond acceptors (Lipinski definition) is 5. The maximum Gasteiger partial charge on any atom is 0.187 e. The molecular weight excluding hydrogens is 282 g/mol. The Morgan fingerprint density at radius 1 is 1.19 bits per heavy atom. The molecule has 0 bridgehead atoms. The van der Waals surface area contributed by atoms with E-state index >= 15 is 0 Å². The van der Waals surface area contributed by atoms with Crippen LogP contribution < -0.4 is 0 Å². The van der Waals surface area contributed by atoms with Crippen molar-refractivity contribution in [1.82, 2.24) is 14.9 Å². The van der Waals surface area contributed by atoms with Crippen LogP contribution in [0, 0.1) is 0 Å². The van der Waals surface area contributed by atoms with E-state index in [-0.39, 0.29) is 0 Å². The molecule has 5 heteroatoms. The van der Waals surface area contributed by atoms with Crippen LogP contribution in [0.5, 0.6) is 0 Å². The molecule has 0 spiro atoms. The third-order valence-corrected chi connectivity index (χ3v) is 3.91. The lowest BCUT2D eigenvalue weighted by molar-refractivity contribution is 0.231. The predicted octanol–water partition coefficient (Wildman–Crippen LogP) is 3.98. The van der Waals surface area contributed by atoms with E-state index in [9.17, 15) is 0 Å². The minimum absolute atomic E-state index is 0.832. The number of thioether (sulfide) groups is 1. The molecule has 0 radical (unpaired) electrons. The molecule has 2 aromatic rings. The van der Waals surface area contributed by atoms with Crippen LogP contribution in [0.4, 0.5) is 0 Å². The molecule has 0 aromatic carbocycles. The summed E-state index contributed by atoms with van der Waals surface area (Å²) >= 11 is 1.67. The van der Waals surface area contributed by atoms with E-state index in [1.165, 1.54) is 12.8 Å². The molecule has 114 valence electrons. The summed E-state index contributed by atoms with van der Waals surface area (Å²) in [7, 11) is 0. The number of rotatable bonds is 9. The van der Waals surface area contributed by atoms with Crippen molar-refractivity contribution >= 4 is 11.8 Å². The Kier molecular flexibility index (Phi) is 6.76. The Labute approximate surface area is 131 Å². The number of nitrogens with zero attached hydrogens (tertiary/aromatic N) is 3. The standard InChI is InChI=1S/C16H23N3OS/c1-3-5-8-19(13-15-7-6-9-20-15)12-14-10-17-16(18-11-14)21-4-2/h6-7,9-11H,3-5,8,12-13H2,1-2H3. The third-order valence-electron chi connectivity index (χ3n) is 3.15. The summed E-state index contributed by atoms with van der Waals surface area (Å²) < 4.78 is 5.46. The van der Waals surface area contributed by atoms with E-state index in [2.05, 4.69) is 28.7 Å². The quantitative estimate of drug-likeness (QED) is 0.518. The Hall–Kier alpha value is -1.33. The smallest absolute Gasteiger partial charge is 0.187 e.